The van der Waals surface area contributed by atoms with Crippen LogP contribution in [0.4, 0.5) is 0 Å². The largest absolute Gasteiger partial charge is 0.395 e. The molecule has 0 fully saturated rings. The van der Waals surface area contributed by atoms with Gasteiger partial charge in [-0.3, -0.25) is 0 Å². The molecular weight excluding hydrogens is 338 g/mol. The number of thiophene rings is 1. The van der Waals surface area contributed by atoms with Crippen LogP contribution in [0.25, 0.3) is 0 Å². The van der Waals surface area contributed by atoms with Crippen LogP contribution in [0.15, 0.2) is 14.1 Å². The highest BCUT2D eigenvalue weighted by atomic mass is 79.9. The molecule has 1 N–H and O–H groups in total. The number of aliphatic hydroxyl groups is 1. The number of aliphatic hydroxyl groups excluding tert-OH is 1. The van der Waals surface area contributed by atoms with Crippen LogP contribution in [0, 0.1) is 6.92 Å². The Morgan fingerprint density at radius 1 is 1.44 bits per heavy atom. The summed E-state index contributed by atoms with van der Waals surface area (Å²) in [6.07, 6.45) is 1.72. The summed E-state index contributed by atoms with van der Waals surface area (Å²) in [5.74, 6) is 0. The fourth-order valence-corrected chi connectivity index (χ4v) is 5.33. The minimum absolute atomic E-state index is 0.150. The van der Waals surface area contributed by atoms with Crippen molar-refractivity contribution in [2.24, 2.45) is 0 Å². The molecule has 0 amide bonds. The zero-order valence-electron chi connectivity index (χ0n) is 10.5. The molecule has 0 spiro atoms. The lowest BCUT2D eigenvalue weighted by atomic mass is 10.3. The first-order valence-electron chi connectivity index (χ1n) is 5.80. The van der Waals surface area contributed by atoms with Crippen molar-refractivity contribution in [1.82, 2.24) is 4.31 Å². The minimum atomic E-state index is -3.48. The molecule has 104 valence electrons. The Hall–Kier alpha value is 0.0500. The predicted molar refractivity (Wildman–Crippen MR) is 77.5 cm³/mol. The third-order valence-corrected chi connectivity index (χ3v) is 7.02. The molecule has 0 saturated heterocycles. The number of hydrogen-bond donors (Lipinski definition) is 1. The molecule has 0 bridgehead atoms. The van der Waals surface area contributed by atoms with Crippen molar-refractivity contribution in [3.05, 3.63) is 15.4 Å². The fourth-order valence-electron chi connectivity index (χ4n) is 1.48. The van der Waals surface area contributed by atoms with Gasteiger partial charge in [0.25, 0.3) is 10.0 Å². The quantitative estimate of drug-likeness (QED) is 0.817. The first-order valence-corrected chi connectivity index (χ1v) is 8.85. The van der Waals surface area contributed by atoms with Gasteiger partial charge < -0.3 is 5.11 Å². The van der Waals surface area contributed by atoms with Gasteiger partial charge in [0, 0.05) is 13.1 Å². The van der Waals surface area contributed by atoms with Gasteiger partial charge >= 0.3 is 0 Å². The lowest BCUT2D eigenvalue weighted by molar-refractivity contribution is 0.252. The Labute approximate surface area is 121 Å². The number of sulfonamides is 1. The molecule has 1 aromatic heterocycles. The average Bonchev–Trinajstić information content (AvgIpc) is 2.65. The van der Waals surface area contributed by atoms with Crippen LogP contribution in [-0.2, 0) is 10.0 Å². The van der Waals surface area contributed by atoms with Crippen LogP contribution in [0.3, 0.4) is 0 Å². The summed E-state index contributed by atoms with van der Waals surface area (Å²) in [6.45, 7) is 4.32. The normalized spacial score (nSPS) is 12.3. The SMILES string of the molecule is CCCCN(CCO)S(=O)(=O)c1cc(C)c(Br)s1. The van der Waals surface area contributed by atoms with E-state index in [4.69, 9.17) is 5.11 Å². The molecule has 0 radical (unpaired) electrons. The summed E-state index contributed by atoms with van der Waals surface area (Å²) in [7, 11) is -3.48. The molecule has 0 aliphatic rings. The summed E-state index contributed by atoms with van der Waals surface area (Å²) in [5, 5.41) is 8.99. The predicted octanol–water partition coefficient (Wildman–Crippen LogP) is 2.60. The molecular formula is C11H18BrNO3S2. The molecule has 0 aliphatic heterocycles. The van der Waals surface area contributed by atoms with Crippen LogP contribution in [0.2, 0.25) is 0 Å². The van der Waals surface area contributed by atoms with Gasteiger partial charge in [-0.25, -0.2) is 8.42 Å². The van der Waals surface area contributed by atoms with Crippen LogP contribution >= 0.6 is 27.3 Å². The second-order valence-corrected chi connectivity index (χ2v) is 8.54. The standard InChI is InChI=1S/C11H18BrNO3S2/c1-3-4-5-13(6-7-14)18(15,16)10-8-9(2)11(12)17-10/h8,14H,3-7H2,1-2H3. The Kier molecular flexibility index (Phi) is 6.26. The second-order valence-electron chi connectivity index (χ2n) is 4.00. The number of aryl methyl sites for hydroxylation is 1. The van der Waals surface area contributed by atoms with Crippen molar-refractivity contribution >= 4 is 37.3 Å². The number of nitrogens with zero attached hydrogens (tertiary/aromatic N) is 1. The molecule has 1 heterocycles. The maximum absolute atomic E-state index is 12.4. The topological polar surface area (TPSA) is 57.6 Å². The summed E-state index contributed by atoms with van der Waals surface area (Å²) < 4.78 is 27.3. The molecule has 0 aliphatic carbocycles. The van der Waals surface area contributed by atoms with E-state index in [2.05, 4.69) is 15.9 Å². The van der Waals surface area contributed by atoms with E-state index >= 15 is 0 Å². The first-order chi connectivity index (χ1) is 8.43. The van der Waals surface area contributed by atoms with E-state index < -0.39 is 10.0 Å². The Morgan fingerprint density at radius 2 is 2.11 bits per heavy atom. The summed E-state index contributed by atoms with van der Waals surface area (Å²) in [5.41, 5.74) is 0.915. The van der Waals surface area contributed by atoms with Gasteiger partial charge in [0.15, 0.2) is 0 Å². The Balaban J connectivity index is 3.00. The fraction of sp³-hybridized carbons (Fsp3) is 0.636. The van der Waals surface area contributed by atoms with Crippen LogP contribution in [0.1, 0.15) is 25.3 Å². The summed E-state index contributed by atoms with van der Waals surface area (Å²) in [4.78, 5) is 0. The minimum Gasteiger partial charge on any atom is -0.395 e. The van der Waals surface area contributed by atoms with E-state index in [1.165, 1.54) is 15.6 Å². The van der Waals surface area contributed by atoms with E-state index in [0.29, 0.717) is 10.8 Å². The number of halogens is 1. The molecule has 7 heteroatoms. The van der Waals surface area contributed by atoms with Gasteiger partial charge in [-0.2, -0.15) is 4.31 Å². The van der Waals surface area contributed by atoms with E-state index in [1.54, 1.807) is 6.07 Å². The van der Waals surface area contributed by atoms with Crippen molar-refractivity contribution in [2.45, 2.75) is 30.9 Å². The maximum atomic E-state index is 12.4. The van der Waals surface area contributed by atoms with Gasteiger partial charge in [-0.15, -0.1) is 11.3 Å². The second kappa shape index (κ2) is 7.00. The van der Waals surface area contributed by atoms with Crippen molar-refractivity contribution in [3.63, 3.8) is 0 Å². The van der Waals surface area contributed by atoms with Crippen molar-refractivity contribution in [3.8, 4) is 0 Å². The number of rotatable bonds is 7. The van der Waals surface area contributed by atoms with Gasteiger partial charge in [0.1, 0.15) is 4.21 Å². The zero-order chi connectivity index (χ0) is 13.8. The van der Waals surface area contributed by atoms with Gasteiger partial charge in [-0.1, -0.05) is 13.3 Å². The van der Waals surface area contributed by atoms with Crippen molar-refractivity contribution in [2.75, 3.05) is 19.7 Å². The summed E-state index contributed by atoms with van der Waals surface area (Å²) in [6, 6.07) is 1.67. The van der Waals surface area contributed by atoms with Gasteiger partial charge in [-0.05, 0) is 40.9 Å². The average molecular weight is 356 g/mol. The molecule has 0 unspecified atom stereocenters. The highest BCUT2D eigenvalue weighted by Crippen LogP contribution is 2.32. The monoisotopic (exact) mass is 355 g/mol. The number of unbranched alkanes of at least 4 members (excludes halogenated alkanes) is 1. The molecule has 18 heavy (non-hydrogen) atoms. The number of hydrogen-bond acceptors (Lipinski definition) is 4. The summed E-state index contributed by atoms with van der Waals surface area (Å²) >= 11 is 4.55. The highest BCUT2D eigenvalue weighted by molar-refractivity contribution is 9.11. The zero-order valence-corrected chi connectivity index (χ0v) is 13.7. The molecule has 0 atom stereocenters. The molecule has 0 aromatic carbocycles. The smallest absolute Gasteiger partial charge is 0.252 e. The van der Waals surface area contributed by atoms with E-state index in [1.807, 2.05) is 13.8 Å². The van der Waals surface area contributed by atoms with Crippen molar-refractivity contribution < 1.29 is 13.5 Å². The first kappa shape index (κ1) is 16.1. The van der Waals surface area contributed by atoms with E-state index in [-0.39, 0.29) is 13.2 Å². The van der Waals surface area contributed by atoms with Crippen LogP contribution in [-0.4, -0.2) is 37.5 Å². The van der Waals surface area contributed by atoms with E-state index in [0.717, 1.165) is 22.2 Å². The van der Waals surface area contributed by atoms with E-state index in [9.17, 15) is 8.42 Å². The third kappa shape index (κ3) is 3.77. The van der Waals surface area contributed by atoms with Crippen LogP contribution < -0.4 is 0 Å². The molecule has 1 rings (SSSR count). The molecule has 1 aromatic rings. The van der Waals surface area contributed by atoms with Gasteiger partial charge in [0.2, 0.25) is 0 Å². The highest BCUT2D eigenvalue weighted by Gasteiger charge is 2.25. The Bertz CT molecular complexity index is 465. The lowest BCUT2D eigenvalue weighted by Gasteiger charge is -2.19. The Morgan fingerprint density at radius 3 is 2.56 bits per heavy atom. The maximum Gasteiger partial charge on any atom is 0.252 e. The molecule has 0 saturated carbocycles. The third-order valence-electron chi connectivity index (χ3n) is 2.54. The van der Waals surface area contributed by atoms with Crippen LogP contribution in [0.5, 0.6) is 0 Å². The molecule has 4 nitrogen and oxygen atoms in total. The van der Waals surface area contributed by atoms with Gasteiger partial charge in [0.05, 0.1) is 10.4 Å². The lowest BCUT2D eigenvalue weighted by Crippen LogP contribution is -2.34. The van der Waals surface area contributed by atoms with Crippen molar-refractivity contribution in [1.29, 1.82) is 0 Å².